The first-order valence-electron chi connectivity index (χ1n) is 9.57. The zero-order valence-electron chi connectivity index (χ0n) is 16.5. The molecule has 0 spiro atoms. The number of hydrogen-bond donors (Lipinski definition) is 0. The van der Waals surface area contributed by atoms with Gasteiger partial charge in [-0.25, -0.2) is 9.78 Å². The lowest BCUT2D eigenvalue weighted by molar-refractivity contribution is -0.145. The van der Waals surface area contributed by atoms with Crippen LogP contribution in [0.3, 0.4) is 0 Å². The number of hydrogen-bond acceptors (Lipinski definition) is 8. The van der Waals surface area contributed by atoms with E-state index in [0.717, 1.165) is 17.4 Å². The van der Waals surface area contributed by atoms with E-state index in [1.165, 1.54) is 17.7 Å². The van der Waals surface area contributed by atoms with Crippen LogP contribution in [0.5, 0.6) is 5.75 Å². The van der Waals surface area contributed by atoms with Crippen molar-refractivity contribution < 1.29 is 23.8 Å². The maximum absolute atomic E-state index is 12.8. The van der Waals surface area contributed by atoms with Crippen molar-refractivity contribution in [2.45, 2.75) is 26.3 Å². The molecule has 3 rings (SSSR count). The Morgan fingerprint density at radius 1 is 1.10 bits per heavy atom. The lowest BCUT2D eigenvalue weighted by Gasteiger charge is -2.08. The van der Waals surface area contributed by atoms with Crippen molar-refractivity contribution in [1.82, 2.24) is 9.55 Å². The summed E-state index contributed by atoms with van der Waals surface area (Å²) < 4.78 is 16.9. The second kappa shape index (κ2) is 10.5. The number of thiophene rings is 1. The Kier molecular flexibility index (Phi) is 7.56. The van der Waals surface area contributed by atoms with Gasteiger partial charge in [-0.2, -0.15) is 0 Å². The molecule has 158 valence electrons. The van der Waals surface area contributed by atoms with Gasteiger partial charge in [-0.1, -0.05) is 31.5 Å². The third kappa shape index (κ3) is 5.44. The second-order valence-corrected chi connectivity index (χ2v) is 7.24. The summed E-state index contributed by atoms with van der Waals surface area (Å²) in [7, 11) is 0. The third-order valence-electron chi connectivity index (χ3n) is 4.17. The highest BCUT2D eigenvalue weighted by Crippen LogP contribution is 2.21. The average Bonchev–Trinajstić information content (AvgIpc) is 3.19. The SMILES string of the molecule is CCCCOC(=O)c1csc2ncn(CC(=O)OCCOc3ccccc3)c(=O)c12. The Morgan fingerprint density at radius 2 is 1.90 bits per heavy atom. The van der Waals surface area contributed by atoms with Crippen LogP contribution in [0, 0.1) is 0 Å². The van der Waals surface area contributed by atoms with Crippen LogP contribution >= 0.6 is 11.3 Å². The number of esters is 2. The normalized spacial score (nSPS) is 10.7. The Labute approximate surface area is 177 Å². The number of rotatable bonds is 10. The first kappa shape index (κ1) is 21.5. The number of carbonyl (C=O) groups is 2. The molecule has 3 aromatic rings. The molecule has 0 saturated carbocycles. The Morgan fingerprint density at radius 3 is 2.67 bits per heavy atom. The van der Waals surface area contributed by atoms with Gasteiger partial charge < -0.3 is 14.2 Å². The van der Waals surface area contributed by atoms with Crippen LogP contribution < -0.4 is 10.3 Å². The Bertz CT molecular complexity index is 1060. The zero-order valence-corrected chi connectivity index (χ0v) is 17.4. The fourth-order valence-electron chi connectivity index (χ4n) is 2.63. The zero-order chi connectivity index (χ0) is 21.3. The molecular weight excluding hydrogens is 408 g/mol. The number of nitrogens with zero attached hydrogens (tertiary/aromatic N) is 2. The summed E-state index contributed by atoms with van der Waals surface area (Å²) in [6.45, 7) is 2.21. The highest BCUT2D eigenvalue weighted by Gasteiger charge is 2.19. The molecule has 0 N–H and O–H groups in total. The summed E-state index contributed by atoms with van der Waals surface area (Å²) in [5.74, 6) is -0.487. The first-order chi connectivity index (χ1) is 14.6. The van der Waals surface area contributed by atoms with Crippen LogP contribution in [0.1, 0.15) is 30.1 Å². The molecular formula is C21H22N2O6S. The van der Waals surface area contributed by atoms with Gasteiger partial charge in [0.2, 0.25) is 0 Å². The molecule has 8 nitrogen and oxygen atoms in total. The topological polar surface area (TPSA) is 96.7 Å². The predicted octanol–water partition coefficient (Wildman–Crippen LogP) is 3.04. The van der Waals surface area contributed by atoms with Crippen LogP contribution in [0.2, 0.25) is 0 Å². The lowest BCUT2D eigenvalue weighted by atomic mass is 10.2. The molecule has 0 fully saturated rings. The Balaban J connectivity index is 1.61. The quantitative estimate of drug-likeness (QED) is 0.360. The molecule has 0 amide bonds. The predicted molar refractivity (Wildman–Crippen MR) is 112 cm³/mol. The van der Waals surface area contributed by atoms with E-state index in [1.807, 2.05) is 25.1 Å². The summed E-state index contributed by atoms with van der Waals surface area (Å²) in [5, 5.41) is 1.71. The van der Waals surface area contributed by atoms with Crippen molar-refractivity contribution in [3.63, 3.8) is 0 Å². The highest BCUT2D eigenvalue weighted by molar-refractivity contribution is 7.17. The van der Waals surface area contributed by atoms with Gasteiger partial charge in [0.25, 0.3) is 5.56 Å². The van der Waals surface area contributed by atoms with E-state index in [9.17, 15) is 14.4 Å². The number of aromatic nitrogens is 2. The fourth-order valence-corrected chi connectivity index (χ4v) is 3.50. The maximum atomic E-state index is 12.8. The van der Waals surface area contributed by atoms with Crippen molar-refractivity contribution in [2.24, 2.45) is 0 Å². The molecule has 9 heteroatoms. The van der Waals surface area contributed by atoms with Crippen molar-refractivity contribution in [2.75, 3.05) is 19.8 Å². The van der Waals surface area contributed by atoms with Crippen LogP contribution in [-0.4, -0.2) is 41.3 Å². The molecule has 0 aliphatic heterocycles. The summed E-state index contributed by atoms with van der Waals surface area (Å²) in [4.78, 5) is 41.7. The van der Waals surface area contributed by atoms with Gasteiger partial charge >= 0.3 is 11.9 Å². The van der Waals surface area contributed by atoms with E-state index in [4.69, 9.17) is 14.2 Å². The van der Waals surface area contributed by atoms with Crippen molar-refractivity contribution >= 4 is 33.5 Å². The van der Waals surface area contributed by atoms with E-state index in [1.54, 1.807) is 17.5 Å². The number of ether oxygens (including phenoxy) is 3. The molecule has 1 aromatic carbocycles. The largest absolute Gasteiger partial charge is 0.490 e. The number of benzene rings is 1. The van der Waals surface area contributed by atoms with Gasteiger partial charge in [-0.15, -0.1) is 11.3 Å². The molecule has 0 radical (unpaired) electrons. The van der Waals surface area contributed by atoms with Crippen molar-refractivity contribution in [3.8, 4) is 5.75 Å². The van der Waals surface area contributed by atoms with Gasteiger partial charge in [0, 0.05) is 5.38 Å². The molecule has 30 heavy (non-hydrogen) atoms. The van der Waals surface area contributed by atoms with E-state index < -0.39 is 17.5 Å². The van der Waals surface area contributed by atoms with Crippen LogP contribution in [0.4, 0.5) is 0 Å². The molecule has 2 heterocycles. The van der Waals surface area contributed by atoms with E-state index >= 15 is 0 Å². The van der Waals surface area contributed by atoms with Gasteiger partial charge in [-0.05, 0) is 18.6 Å². The minimum Gasteiger partial charge on any atom is -0.490 e. The summed E-state index contributed by atoms with van der Waals surface area (Å²) in [6, 6.07) is 9.16. The molecule has 0 atom stereocenters. The molecule has 0 saturated heterocycles. The van der Waals surface area contributed by atoms with E-state index in [2.05, 4.69) is 4.98 Å². The van der Waals surface area contributed by atoms with Crippen molar-refractivity contribution in [3.05, 3.63) is 58.0 Å². The summed E-state index contributed by atoms with van der Waals surface area (Å²) in [5.41, 5.74) is -0.316. The average molecular weight is 430 g/mol. The molecule has 0 aliphatic carbocycles. The van der Waals surface area contributed by atoms with E-state index in [-0.39, 0.29) is 30.7 Å². The third-order valence-corrected chi connectivity index (χ3v) is 5.06. The maximum Gasteiger partial charge on any atom is 0.339 e. The van der Waals surface area contributed by atoms with Gasteiger partial charge in [0.05, 0.1) is 23.9 Å². The minimum absolute atomic E-state index is 0.0472. The number of fused-ring (bicyclic) bond motifs is 1. The number of unbranched alkanes of at least 4 members (excludes halogenated alkanes) is 1. The monoisotopic (exact) mass is 430 g/mol. The fraction of sp³-hybridized carbons (Fsp3) is 0.333. The van der Waals surface area contributed by atoms with Crippen LogP contribution in [0.25, 0.3) is 10.2 Å². The minimum atomic E-state index is -0.600. The second-order valence-electron chi connectivity index (χ2n) is 6.38. The molecule has 0 unspecified atom stereocenters. The highest BCUT2D eigenvalue weighted by atomic mass is 32.1. The van der Waals surface area contributed by atoms with Crippen molar-refractivity contribution in [1.29, 1.82) is 0 Å². The van der Waals surface area contributed by atoms with Gasteiger partial charge in [0.15, 0.2) is 0 Å². The van der Waals surface area contributed by atoms with Gasteiger partial charge in [0.1, 0.15) is 30.3 Å². The number of carbonyl (C=O) groups excluding carboxylic acids is 2. The molecule has 0 bridgehead atoms. The standard InChI is InChI=1S/C21H22N2O6S/c1-2-3-9-29-21(26)16-13-30-19-18(16)20(25)23(14-22-19)12-17(24)28-11-10-27-15-7-5-4-6-8-15/h4-8,13-14H,2-3,9-12H2,1H3. The summed E-state index contributed by atoms with van der Waals surface area (Å²) in [6.07, 6.45) is 2.91. The van der Waals surface area contributed by atoms with Crippen LogP contribution in [-0.2, 0) is 20.8 Å². The van der Waals surface area contributed by atoms with Gasteiger partial charge in [-0.3, -0.25) is 14.2 Å². The Hall–Kier alpha value is -3.20. The number of para-hydroxylation sites is 1. The first-order valence-corrected chi connectivity index (χ1v) is 10.5. The van der Waals surface area contributed by atoms with E-state index in [0.29, 0.717) is 17.2 Å². The smallest absolute Gasteiger partial charge is 0.339 e. The molecule has 2 aromatic heterocycles. The van der Waals surface area contributed by atoms with Crippen LogP contribution in [0.15, 0.2) is 46.8 Å². The lowest BCUT2D eigenvalue weighted by Crippen LogP contribution is -2.27. The molecule has 0 aliphatic rings. The summed E-state index contributed by atoms with van der Waals surface area (Å²) >= 11 is 1.18.